The molecule has 0 spiro atoms. The first-order valence-electron chi connectivity index (χ1n) is 5.95. The Kier molecular flexibility index (Phi) is 6.31. The number of methoxy groups -OCH3 is 1. The predicted molar refractivity (Wildman–Crippen MR) is 65.0 cm³/mol. The number of nitrogens with zero attached hydrogens (tertiary/aromatic N) is 3. The van der Waals surface area contributed by atoms with Crippen molar-refractivity contribution in [3.05, 3.63) is 11.4 Å². The Morgan fingerprint density at radius 1 is 1.44 bits per heavy atom. The molecule has 0 bridgehead atoms. The number of carbonyl (C=O) groups is 1. The average Bonchev–Trinajstić information content (AvgIpc) is 2.69. The van der Waals surface area contributed by atoms with Crippen LogP contribution in [0.15, 0.2) is 0 Å². The first kappa shape index (κ1) is 14.6. The first-order chi connectivity index (χ1) is 8.69. The van der Waals surface area contributed by atoms with Crippen LogP contribution >= 0.6 is 0 Å². The van der Waals surface area contributed by atoms with Crippen LogP contribution in [-0.2, 0) is 33.7 Å². The normalized spacial score (nSPS) is 10.8. The minimum Gasteiger partial charge on any atom is -0.384 e. The van der Waals surface area contributed by atoms with Gasteiger partial charge in [0.1, 0.15) is 0 Å². The molecule has 1 aromatic heterocycles. The van der Waals surface area contributed by atoms with E-state index in [1.165, 1.54) is 0 Å². The van der Waals surface area contributed by atoms with Crippen LogP contribution in [0.2, 0.25) is 0 Å². The second-order valence-electron chi connectivity index (χ2n) is 3.79. The first-order valence-corrected chi connectivity index (χ1v) is 5.95. The number of amides is 1. The van der Waals surface area contributed by atoms with Crippen molar-refractivity contribution < 1.29 is 14.3 Å². The third kappa shape index (κ3) is 4.42. The molecule has 1 aromatic rings. The number of rotatable bonds is 9. The summed E-state index contributed by atoms with van der Waals surface area (Å²) in [5.41, 5.74) is 6.69. The standard InChI is InChI=1S/C11H20N4O3/c1-3-18-7-5-15-10(4-6-17-2)9(13-14-15)8-11(12)16/h3-8H2,1-2H3,(H2,12,16). The van der Waals surface area contributed by atoms with Crippen LogP contribution in [0.3, 0.4) is 0 Å². The molecule has 18 heavy (non-hydrogen) atoms. The van der Waals surface area contributed by atoms with E-state index >= 15 is 0 Å². The highest BCUT2D eigenvalue weighted by Gasteiger charge is 2.14. The number of primary amides is 1. The van der Waals surface area contributed by atoms with Crippen molar-refractivity contribution in [3.8, 4) is 0 Å². The van der Waals surface area contributed by atoms with Gasteiger partial charge >= 0.3 is 0 Å². The molecular weight excluding hydrogens is 236 g/mol. The van der Waals surface area contributed by atoms with Gasteiger partial charge in [-0.15, -0.1) is 5.10 Å². The van der Waals surface area contributed by atoms with E-state index in [4.69, 9.17) is 15.2 Å². The molecule has 0 saturated carbocycles. The molecule has 0 saturated heterocycles. The van der Waals surface area contributed by atoms with Crippen molar-refractivity contribution in [2.24, 2.45) is 5.73 Å². The Morgan fingerprint density at radius 2 is 2.22 bits per heavy atom. The minimum atomic E-state index is -0.412. The molecule has 0 aromatic carbocycles. The van der Waals surface area contributed by atoms with Crippen LogP contribution in [0.4, 0.5) is 0 Å². The second kappa shape index (κ2) is 7.78. The third-order valence-electron chi connectivity index (χ3n) is 2.45. The topological polar surface area (TPSA) is 92.3 Å². The van der Waals surface area contributed by atoms with Crippen LogP contribution in [-0.4, -0.2) is 47.8 Å². The number of aromatic nitrogens is 3. The summed E-state index contributed by atoms with van der Waals surface area (Å²) in [6.45, 7) is 4.32. The van der Waals surface area contributed by atoms with Gasteiger partial charge in [0, 0.05) is 20.1 Å². The number of ether oxygens (including phenoxy) is 2. The molecule has 7 heteroatoms. The summed E-state index contributed by atoms with van der Waals surface area (Å²) in [4.78, 5) is 11.0. The second-order valence-corrected chi connectivity index (χ2v) is 3.79. The molecular formula is C11H20N4O3. The summed E-state index contributed by atoms with van der Waals surface area (Å²) in [5, 5.41) is 8.01. The van der Waals surface area contributed by atoms with Gasteiger partial charge in [0.2, 0.25) is 5.91 Å². The lowest BCUT2D eigenvalue weighted by molar-refractivity contribution is -0.117. The van der Waals surface area contributed by atoms with E-state index in [0.717, 1.165) is 5.69 Å². The Balaban J connectivity index is 2.74. The van der Waals surface area contributed by atoms with Crippen LogP contribution in [0.25, 0.3) is 0 Å². The summed E-state index contributed by atoms with van der Waals surface area (Å²) in [6.07, 6.45) is 0.756. The van der Waals surface area contributed by atoms with Gasteiger partial charge < -0.3 is 15.2 Å². The molecule has 0 aliphatic carbocycles. The quantitative estimate of drug-likeness (QED) is 0.603. The van der Waals surface area contributed by atoms with Crippen molar-refractivity contribution in [2.45, 2.75) is 26.3 Å². The van der Waals surface area contributed by atoms with Crippen LogP contribution in [0, 0.1) is 0 Å². The van der Waals surface area contributed by atoms with Crippen LogP contribution < -0.4 is 5.73 Å². The zero-order chi connectivity index (χ0) is 13.4. The SMILES string of the molecule is CCOCCn1nnc(CC(N)=O)c1CCOC. The smallest absolute Gasteiger partial charge is 0.223 e. The van der Waals surface area contributed by atoms with E-state index in [1.807, 2.05) is 6.92 Å². The van der Waals surface area contributed by atoms with Crippen molar-refractivity contribution in [1.82, 2.24) is 15.0 Å². The Bertz CT molecular complexity index is 378. The van der Waals surface area contributed by atoms with E-state index in [-0.39, 0.29) is 6.42 Å². The fourth-order valence-corrected chi connectivity index (χ4v) is 1.62. The van der Waals surface area contributed by atoms with Crippen LogP contribution in [0.5, 0.6) is 0 Å². The fraction of sp³-hybridized carbons (Fsp3) is 0.727. The molecule has 0 aliphatic rings. The highest BCUT2D eigenvalue weighted by atomic mass is 16.5. The van der Waals surface area contributed by atoms with Gasteiger partial charge in [-0.1, -0.05) is 5.21 Å². The fourth-order valence-electron chi connectivity index (χ4n) is 1.62. The molecule has 0 aliphatic heterocycles. The summed E-state index contributed by atoms with van der Waals surface area (Å²) >= 11 is 0. The lowest BCUT2D eigenvalue weighted by Gasteiger charge is -2.07. The molecule has 1 amide bonds. The van der Waals surface area contributed by atoms with Gasteiger partial charge in [-0.05, 0) is 6.92 Å². The van der Waals surface area contributed by atoms with Gasteiger partial charge in [-0.3, -0.25) is 4.79 Å². The monoisotopic (exact) mass is 256 g/mol. The zero-order valence-electron chi connectivity index (χ0n) is 10.9. The van der Waals surface area contributed by atoms with Crippen molar-refractivity contribution in [2.75, 3.05) is 26.9 Å². The Hall–Kier alpha value is -1.47. The number of nitrogens with two attached hydrogens (primary N) is 1. The average molecular weight is 256 g/mol. The summed E-state index contributed by atoms with van der Waals surface area (Å²) < 4.78 is 12.1. The summed E-state index contributed by atoms with van der Waals surface area (Å²) in [7, 11) is 1.63. The highest BCUT2D eigenvalue weighted by molar-refractivity contribution is 5.76. The van der Waals surface area contributed by atoms with Crippen molar-refractivity contribution in [1.29, 1.82) is 0 Å². The van der Waals surface area contributed by atoms with Gasteiger partial charge in [-0.2, -0.15) is 0 Å². The van der Waals surface area contributed by atoms with Gasteiger partial charge in [0.05, 0.1) is 37.6 Å². The maximum atomic E-state index is 11.0. The van der Waals surface area contributed by atoms with Gasteiger partial charge in [-0.25, -0.2) is 4.68 Å². The number of hydrogen-bond acceptors (Lipinski definition) is 5. The van der Waals surface area contributed by atoms with Crippen molar-refractivity contribution in [3.63, 3.8) is 0 Å². The zero-order valence-corrected chi connectivity index (χ0v) is 10.9. The van der Waals surface area contributed by atoms with E-state index in [2.05, 4.69) is 10.3 Å². The maximum Gasteiger partial charge on any atom is 0.223 e. The van der Waals surface area contributed by atoms with Gasteiger partial charge in [0.25, 0.3) is 0 Å². The van der Waals surface area contributed by atoms with E-state index < -0.39 is 5.91 Å². The number of carbonyl (C=O) groups excluding carboxylic acids is 1. The predicted octanol–water partition coefficient (Wildman–Crippen LogP) is -0.469. The van der Waals surface area contributed by atoms with Crippen molar-refractivity contribution >= 4 is 5.91 Å². The Morgan fingerprint density at radius 3 is 2.83 bits per heavy atom. The molecule has 0 atom stereocenters. The Labute approximate surface area is 106 Å². The molecule has 1 heterocycles. The molecule has 102 valence electrons. The molecule has 1 rings (SSSR count). The summed E-state index contributed by atoms with van der Waals surface area (Å²) in [6, 6.07) is 0. The minimum absolute atomic E-state index is 0.105. The lowest BCUT2D eigenvalue weighted by atomic mass is 10.2. The summed E-state index contributed by atoms with van der Waals surface area (Å²) in [5.74, 6) is -0.412. The molecule has 0 fully saturated rings. The van der Waals surface area contributed by atoms with E-state index in [0.29, 0.717) is 38.5 Å². The largest absolute Gasteiger partial charge is 0.384 e. The van der Waals surface area contributed by atoms with E-state index in [1.54, 1.807) is 11.8 Å². The highest BCUT2D eigenvalue weighted by Crippen LogP contribution is 2.07. The molecule has 7 nitrogen and oxygen atoms in total. The lowest BCUT2D eigenvalue weighted by Crippen LogP contribution is -2.17. The van der Waals surface area contributed by atoms with Gasteiger partial charge in [0.15, 0.2) is 0 Å². The van der Waals surface area contributed by atoms with E-state index in [9.17, 15) is 4.79 Å². The third-order valence-corrected chi connectivity index (χ3v) is 2.45. The molecule has 0 unspecified atom stereocenters. The number of hydrogen-bond donors (Lipinski definition) is 1. The molecule has 2 N–H and O–H groups in total. The molecule has 0 radical (unpaired) electrons. The van der Waals surface area contributed by atoms with Crippen LogP contribution in [0.1, 0.15) is 18.3 Å². The maximum absolute atomic E-state index is 11.0.